The van der Waals surface area contributed by atoms with E-state index in [1.165, 1.54) is 37.7 Å². The predicted molar refractivity (Wildman–Crippen MR) is 86.5 cm³/mol. The molecule has 1 aliphatic rings. The van der Waals surface area contributed by atoms with E-state index in [1.54, 1.807) is 6.07 Å². The molecule has 112 valence electrons. The molecular formula is C17H25BrFN. The van der Waals surface area contributed by atoms with Crippen LogP contribution in [0.1, 0.15) is 51.5 Å². The van der Waals surface area contributed by atoms with Gasteiger partial charge in [-0.05, 0) is 64.8 Å². The van der Waals surface area contributed by atoms with Crippen LogP contribution < -0.4 is 5.32 Å². The van der Waals surface area contributed by atoms with Crippen molar-refractivity contribution in [3.63, 3.8) is 0 Å². The average molecular weight is 342 g/mol. The molecule has 0 radical (unpaired) electrons. The molecule has 1 N–H and O–H groups in total. The third-order valence-electron chi connectivity index (χ3n) is 4.71. The molecule has 1 atom stereocenters. The highest BCUT2D eigenvalue weighted by Crippen LogP contribution is 2.40. The smallest absolute Gasteiger partial charge is 0.137 e. The van der Waals surface area contributed by atoms with Gasteiger partial charge in [-0.25, -0.2) is 4.39 Å². The molecule has 1 unspecified atom stereocenters. The van der Waals surface area contributed by atoms with Gasteiger partial charge in [0.25, 0.3) is 0 Å². The summed E-state index contributed by atoms with van der Waals surface area (Å²) in [5.41, 5.74) is 1.57. The average Bonchev–Trinajstić information content (AvgIpc) is 2.43. The molecule has 1 aromatic rings. The van der Waals surface area contributed by atoms with Crippen molar-refractivity contribution in [2.24, 2.45) is 5.41 Å². The third kappa shape index (κ3) is 3.82. The molecule has 0 spiro atoms. The molecule has 20 heavy (non-hydrogen) atoms. The number of rotatable bonds is 5. The minimum atomic E-state index is -0.183. The second-order valence-corrected chi connectivity index (χ2v) is 7.13. The van der Waals surface area contributed by atoms with E-state index < -0.39 is 0 Å². The zero-order valence-electron chi connectivity index (χ0n) is 12.5. The summed E-state index contributed by atoms with van der Waals surface area (Å²) in [7, 11) is 0. The van der Waals surface area contributed by atoms with Gasteiger partial charge in [-0.1, -0.05) is 39.2 Å². The Morgan fingerprint density at radius 2 is 2.00 bits per heavy atom. The number of halogens is 2. The lowest BCUT2D eigenvalue weighted by atomic mass is 9.69. The topological polar surface area (TPSA) is 12.0 Å². The molecule has 1 saturated carbocycles. The maximum Gasteiger partial charge on any atom is 0.137 e. The highest BCUT2D eigenvalue weighted by atomic mass is 79.9. The third-order valence-corrected chi connectivity index (χ3v) is 5.32. The summed E-state index contributed by atoms with van der Waals surface area (Å²) in [6.45, 7) is 5.57. The first-order chi connectivity index (χ1) is 9.55. The highest BCUT2D eigenvalue weighted by Gasteiger charge is 2.34. The van der Waals surface area contributed by atoms with E-state index >= 15 is 0 Å². The number of nitrogens with one attached hydrogen (secondary N) is 1. The van der Waals surface area contributed by atoms with Crippen LogP contribution in [0, 0.1) is 11.2 Å². The van der Waals surface area contributed by atoms with E-state index in [1.807, 2.05) is 12.1 Å². The maximum atomic E-state index is 13.4. The van der Waals surface area contributed by atoms with Crippen LogP contribution in [0.25, 0.3) is 0 Å². The van der Waals surface area contributed by atoms with Crippen molar-refractivity contribution in [2.45, 2.75) is 58.4 Å². The molecule has 2 rings (SSSR count). The minimum Gasteiger partial charge on any atom is -0.313 e. The normalized spacial score (nSPS) is 19.8. The van der Waals surface area contributed by atoms with Gasteiger partial charge in [0, 0.05) is 6.04 Å². The molecule has 1 fully saturated rings. The lowest BCUT2D eigenvalue weighted by Gasteiger charge is -2.41. The Morgan fingerprint density at radius 3 is 2.60 bits per heavy atom. The second-order valence-electron chi connectivity index (χ2n) is 6.28. The molecule has 0 amide bonds. The van der Waals surface area contributed by atoms with Crippen molar-refractivity contribution < 1.29 is 4.39 Å². The Morgan fingerprint density at radius 1 is 1.30 bits per heavy atom. The Labute approximate surface area is 130 Å². The van der Waals surface area contributed by atoms with Gasteiger partial charge in [-0.3, -0.25) is 0 Å². The van der Waals surface area contributed by atoms with Crippen molar-refractivity contribution in [1.82, 2.24) is 5.32 Å². The molecule has 0 heterocycles. The van der Waals surface area contributed by atoms with Crippen LogP contribution in [-0.4, -0.2) is 12.6 Å². The Balaban J connectivity index is 2.13. The van der Waals surface area contributed by atoms with Crippen LogP contribution >= 0.6 is 15.9 Å². The fourth-order valence-corrected chi connectivity index (χ4v) is 3.85. The van der Waals surface area contributed by atoms with E-state index in [4.69, 9.17) is 0 Å². The Hall–Kier alpha value is -0.410. The summed E-state index contributed by atoms with van der Waals surface area (Å²) in [6.07, 6.45) is 7.62. The summed E-state index contributed by atoms with van der Waals surface area (Å²) in [4.78, 5) is 0. The van der Waals surface area contributed by atoms with Gasteiger partial charge in [-0.2, -0.15) is 0 Å². The van der Waals surface area contributed by atoms with Crippen LogP contribution in [-0.2, 0) is 6.42 Å². The van der Waals surface area contributed by atoms with E-state index in [0.29, 0.717) is 15.9 Å². The number of likely N-dealkylation sites (N-methyl/N-ethyl adjacent to an activating group) is 1. The van der Waals surface area contributed by atoms with E-state index in [2.05, 4.69) is 35.1 Å². The van der Waals surface area contributed by atoms with Crippen molar-refractivity contribution in [3.8, 4) is 0 Å². The SMILES string of the molecule is CCNC(Cc1ccc(F)c(Br)c1)C1(C)CCCCC1. The highest BCUT2D eigenvalue weighted by molar-refractivity contribution is 9.10. The van der Waals surface area contributed by atoms with Crippen molar-refractivity contribution in [1.29, 1.82) is 0 Å². The van der Waals surface area contributed by atoms with Gasteiger partial charge in [-0.15, -0.1) is 0 Å². The fourth-order valence-electron chi connectivity index (χ4n) is 3.42. The Kier molecular flexibility index (Phi) is 5.62. The molecule has 1 nitrogen and oxygen atoms in total. The first-order valence-corrected chi connectivity index (χ1v) is 8.52. The molecule has 0 bridgehead atoms. The largest absolute Gasteiger partial charge is 0.313 e. The van der Waals surface area contributed by atoms with Gasteiger partial charge in [0.05, 0.1) is 4.47 Å². The summed E-state index contributed by atoms with van der Waals surface area (Å²) < 4.78 is 13.9. The van der Waals surface area contributed by atoms with Gasteiger partial charge in [0.2, 0.25) is 0 Å². The lowest BCUT2D eigenvalue weighted by molar-refractivity contribution is 0.145. The van der Waals surface area contributed by atoms with E-state index in [0.717, 1.165) is 13.0 Å². The standard InChI is InChI=1S/C17H25BrFN/c1-3-20-16(17(2)9-5-4-6-10-17)12-13-7-8-15(19)14(18)11-13/h7-8,11,16,20H,3-6,9-10,12H2,1-2H3. The van der Waals surface area contributed by atoms with E-state index in [9.17, 15) is 4.39 Å². The fraction of sp³-hybridized carbons (Fsp3) is 0.647. The molecule has 1 aliphatic carbocycles. The first kappa shape index (κ1) is 16.0. The molecule has 0 aromatic heterocycles. The van der Waals surface area contributed by atoms with Crippen LogP contribution in [0.2, 0.25) is 0 Å². The summed E-state index contributed by atoms with van der Waals surface area (Å²) >= 11 is 3.29. The first-order valence-electron chi connectivity index (χ1n) is 7.72. The summed E-state index contributed by atoms with van der Waals surface area (Å²) in [6, 6.07) is 5.87. The molecule has 1 aromatic carbocycles. The zero-order chi connectivity index (χ0) is 14.6. The molecule has 3 heteroatoms. The molecule has 0 aliphatic heterocycles. The minimum absolute atomic E-state index is 0.183. The maximum absolute atomic E-state index is 13.4. The lowest BCUT2D eigenvalue weighted by Crippen LogP contribution is -2.46. The van der Waals surface area contributed by atoms with Crippen LogP contribution in [0.4, 0.5) is 4.39 Å². The van der Waals surface area contributed by atoms with Gasteiger partial charge < -0.3 is 5.32 Å². The molecule has 0 saturated heterocycles. The summed E-state index contributed by atoms with van der Waals surface area (Å²) in [5, 5.41) is 3.67. The van der Waals surface area contributed by atoms with Crippen molar-refractivity contribution in [2.75, 3.05) is 6.54 Å². The van der Waals surface area contributed by atoms with Crippen LogP contribution in [0.3, 0.4) is 0 Å². The Bertz CT molecular complexity index is 441. The van der Waals surface area contributed by atoms with Crippen LogP contribution in [0.15, 0.2) is 22.7 Å². The van der Waals surface area contributed by atoms with Crippen LogP contribution in [0.5, 0.6) is 0 Å². The van der Waals surface area contributed by atoms with Crippen molar-refractivity contribution in [3.05, 3.63) is 34.1 Å². The number of benzene rings is 1. The summed E-state index contributed by atoms with van der Waals surface area (Å²) in [5.74, 6) is -0.183. The number of hydrogen-bond donors (Lipinski definition) is 1. The van der Waals surface area contributed by atoms with E-state index in [-0.39, 0.29) is 5.82 Å². The van der Waals surface area contributed by atoms with Gasteiger partial charge in [0.15, 0.2) is 0 Å². The predicted octanol–water partition coefficient (Wildman–Crippen LogP) is 5.08. The number of hydrogen-bond acceptors (Lipinski definition) is 1. The quantitative estimate of drug-likeness (QED) is 0.787. The second kappa shape index (κ2) is 7.04. The molecular weight excluding hydrogens is 317 g/mol. The van der Waals surface area contributed by atoms with Gasteiger partial charge in [0.1, 0.15) is 5.82 Å². The van der Waals surface area contributed by atoms with Crippen molar-refractivity contribution >= 4 is 15.9 Å². The zero-order valence-corrected chi connectivity index (χ0v) is 14.1. The van der Waals surface area contributed by atoms with Gasteiger partial charge >= 0.3 is 0 Å². The monoisotopic (exact) mass is 341 g/mol.